The van der Waals surface area contributed by atoms with Crippen molar-refractivity contribution in [1.82, 2.24) is 4.90 Å². The fraction of sp³-hybridized carbons (Fsp3) is 0.533. The lowest BCUT2D eigenvalue weighted by Gasteiger charge is -2.26. The van der Waals surface area contributed by atoms with Gasteiger partial charge in [-0.15, -0.1) is 0 Å². The highest BCUT2D eigenvalue weighted by atomic mass is 32.1. The molecule has 0 saturated carbocycles. The van der Waals surface area contributed by atoms with Gasteiger partial charge in [0.05, 0.1) is 20.3 Å². The summed E-state index contributed by atoms with van der Waals surface area (Å²) in [5.41, 5.74) is 7.55. The SMILES string of the molecule is COc1ccc(C(N)=S)c(NCCCN2CCOCC2)c1. The number of rotatable bonds is 7. The van der Waals surface area contributed by atoms with E-state index in [1.807, 2.05) is 18.2 Å². The summed E-state index contributed by atoms with van der Waals surface area (Å²) in [7, 11) is 1.65. The lowest BCUT2D eigenvalue weighted by Crippen LogP contribution is -2.37. The third-order valence-electron chi connectivity index (χ3n) is 3.56. The molecule has 1 fully saturated rings. The van der Waals surface area contributed by atoms with E-state index in [1.54, 1.807) is 7.11 Å². The Morgan fingerprint density at radius 1 is 1.43 bits per heavy atom. The van der Waals surface area contributed by atoms with Crippen LogP contribution in [0.1, 0.15) is 12.0 Å². The largest absolute Gasteiger partial charge is 0.497 e. The quantitative estimate of drug-likeness (QED) is 0.587. The van der Waals surface area contributed by atoms with Crippen LogP contribution < -0.4 is 15.8 Å². The Morgan fingerprint density at radius 3 is 2.86 bits per heavy atom. The minimum Gasteiger partial charge on any atom is -0.497 e. The number of thiocarbonyl (C=S) groups is 1. The molecule has 21 heavy (non-hydrogen) atoms. The smallest absolute Gasteiger partial charge is 0.120 e. The molecular weight excluding hydrogens is 286 g/mol. The van der Waals surface area contributed by atoms with Crippen molar-refractivity contribution < 1.29 is 9.47 Å². The van der Waals surface area contributed by atoms with E-state index in [4.69, 9.17) is 27.4 Å². The van der Waals surface area contributed by atoms with Crippen molar-refractivity contribution in [3.05, 3.63) is 23.8 Å². The first-order valence-electron chi connectivity index (χ1n) is 7.22. The third kappa shape index (κ3) is 4.84. The van der Waals surface area contributed by atoms with E-state index in [2.05, 4.69) is 10.2 Å². The minimum absolute atomic E-state index is 0.397. The average molecular weight is 309 g/mol. The second kappa shape index (κ2) is 8.17. The molecule has 1 saturated heterocycles. The Morgan fingerprint density at radius 2 is 2.19 bits per heavy atom. The monoisotopic (exact) mass is 309 g/mol. The summed E-state index contributed by atoms with van der Waals surface area (Å²) in [6, 6.07) is 5.70. The van der Waals surface area contributed by atoms with Crippen LogP contribution in [0.3, 0.4) is 0 Å². The Bertz CT molecular complexity index is 476. The lowest BCUT2D eigenvalue weighted by atomic mass is 10.1. The molecule has 0 unspecified atom stereocenters. The maximum Gasteiger partial charge on any atom is 0.120 e. The van der Waals surface area contributed by atoms with Gasteiger partial charge in [-0.25, -0.2) is 0 Å². The topological polar surface area (TPSA) is 59.8 Å². The van der Waals surface area contributed by atoms with Crippen LogP contribution in [0.4, 0.5) is 5.69 Å². The second-order valence-corrected chi connectivity index (χ2v) is 5.45. The van der Waals surface area contributed by atoms with Crippen molar-refractivity contribution in [3.8, 4) is 5.75 Å². The van der Waals surface area contributed by atoms with Crippen LogP contribution in [0.2, 0.25) is 0 Å². The van der Waals surface area contributed by atoms with Crippen LogP contribution in [0.5, 0.6) is 5.75 Å². The fourth-order valence-corrected chi connectivity index (χ4v) is 2.54. The first-order valence-corrected chi connectivity index (χ1v) is 7.63. The van der Waals surface area contributed by atoms with E-state index in [0.29, 0.717) is 4.99 Å². The molecule has 6 heteroatoms. The standard InChI is InChI=1S/C15H23N3O2S/c1-19-12-3-4-13(15(16)21)14(11-12)17-5-2-6-18-7-9-20-10-8-18/h3-4,11,17H,2,5-10H2,1H3,(H2,16,21). The van der Waals surface area contributed by atoms with Crippen molar-refractivity contribution in [2.75, 3.05) is 51.8 Å². The number of nitrogens with one attached hydrogen (secondary N) is 1. The Hall–Kier alpha value is -1.37. The van der Waals surface area contributed by atoms with E-state index < -0.39 is 0 Å². The summed E-state index contributed by atoms with van der Waals surface area (Å²) in [4.78, 5) is 2.82. The van der Waals surface area contributed by atoms with Crippen molar-refractivity contribution in [3.63, 3.8) is 0 Å². The molecule has 2 rings (SSSR count). The maximum absolute atomic E-state index is 5.76. The van der Waals surface area contributed by atoms with Crippen LogP contribution in [0, 0.1) is 0 Å². The summed E-state index contributed by atoms with van der Waals surface area (Å²) in [5.74, 6) is 0.797. The first-order chi connectivity index (χ1) is 10.2. The Labute approximate surface area is 131 Å². The number of morpholine rings is 1. The van der Waals surface area contributed by atoms with E-state index >= 15 is 0 Å². The molecule has 0 atom stereocenters. The summed E-state index contributed by atoms with van der Waals surface area (Å²) >= 11 is 5.09. The normalized spacial score (nSPS) is 15.7. The molecule has 5 nitrogen and oxygen atoms in total. The van der Waals surface area contributed by atoms with Gasteiger partial charge in [0, 0.05) is 37.0 Å². The summed E-state index contributed by atoms with van der Waals surface area (Å²) in [5, 5.41) is 3.40. The summed E-state index contributed by atoms with van der Waals surface area (Å²) < 4.78 is 10.6. The van der Waals surface area contributed by atoms with Gasteiger partial charge in [-0.1, -0.05) is 12.2 Å². The van der Waals surface area contributed by atoms with Crippen LogP contribution in [0.25, 0.3) is 0 Å². The average Bonchev–Trinajstić information content (AvgIpc) is 2.52. The Kier molecular flexibility index (Phi) is 6.22. The predicted octanol–water partition coefficient (Wildman–Crippen LogP) is 1.46. The number of methoxy groups -OCH3 is 1. The van der Waals surface area contributed by atoms with Crippen LogP contribution in [-0.4, -0.2) is 56.4 Å². The minimum atomic E-state index is 0.397. The van der Waals surface area contributed by atoms with E-state index in [9.17, 15) is 0 Å². The van der Waals surface area contributed by atoms with Gasteiger partial charge in [-0.3, -0.25) is 4.90 Å². The third-order valence-corrected chi connectivity index (χ3v) is 3.78. The fourth-order valence-electron chi connectivity index (χ4n) is 2.36. The molecule has 0 spiro atoms. The molecule has 1 aliphatic heterocycles. The van der Waals surface area contributed by atoms with Crippen molar-refractivity contribution in [1.29, 1.82) is 0 Å². The van der Waals surface area contributed by atoms with Crippen LogP contribution >= 0.6 is 12.2 Å². The first kappa shape index (κ1) is 16.0. The van der Waals surface area contributed by atoms with E-state index in [-0.39, 0.29) is 0 Å². The number of hydrogen-bond acceptors (Lipinski definition) is 5. The highest BCUT2D eigenvalue weighted by molar-refractivity contribution is 7.80. The summed E-state index contributed by atoms with van der Waals surface area (Å²) in [6.45, 7) is 5.68. The zero-order valence-electron chi connectivity index (χ0n) is 12.4. The van der Waals surface area contributed by atoms with Crippen LogP contribution in [-0.2, 0) is 4.74 Å². The highest BCUT2D eigenvalue weighted by Gasteiger charge is 2.10. The molecule has 1 aliphatic rings. The number of nitrogens with two attached hydrogens (primary N) is 1. The lowest BCUT2D eigenvalue weighted by molar-refractivity contribution is 0.0378. The number of ether oxygens (including phenoxy) is 2. The maximum atomic E-state index is 5.76. The summed E-state index contributed by atoms with van der Waals surface area (Å²) in [6.07, 6.45) is 1.06. The van der Waals surface area contributed by atoms with Crippen molar-refractivity contribution >= 4 is 22.9 Å². The molecule has 0 bridgehead atoms. The van der Waals surface area contributed by atoms with Gasteiger partial charge in [0.2, 0.25) is 0 Å². The number of nitrogens with zero attached hydrogens (tertiary/aromatic N) is 1. The zero-order chi connectivity index (χ0) is 15.1. The van der Waals surface area contributed by atoms with Gasteiger partial charge in [0.25, 0.3) is 0 Å². The van der Waals surface area contributed by atoms with Gasteiger partial charge in [-0.2, -0.15) is 0 Å². The van der Waals surface area contributed by atoms with Crippen molar-refractivity contribution in [2.45, 2.75) is 6.42 Å². The molecule has 116 valence electrons. The molecule has 1 aromatic carbocycles. The van der Waals surface area contributed by atoms with Crippen LogP contribution in [0.15, 0.2) is 18.2 Å². The molecule has 0 amide bonds. The van der Waals surface area contributed by atoms with Crippen molar-refractivity contribution in [2.24, 2.45) is 5.73 Å². The molecule has 1 aromatic rings. The van der Waals surface area contributed by atoms with Gasteiger partial charge in [0.1, 0.15) is 10.7 Å². The number of anilines is 1. The molecular formula is C15H23N3O2S. The van der Waals surface area contributed by atoms with Gasteiger partial charge < -0.3 is 20.5 Å². The number of hydrogen-bond donors (Lipinski definition) is 2. The Balaban J connectivity index is 1.84. The van der Waals surface area contributed by atoms with E-state index in [1.165, 1.54) is 0 Å². The molecule has 0 aliphatic carbocycles. The van der Waals surface area contributed by atoms with Gasteiger partial charge >= 0.3 is 0 Å². The van der Waals surface area contributed by atoms with Gasteiger partial charge in [-0.05, 0) is 25.1 Å². The predicted molar refractivity (Wildman–Crippen MR) is 89.2 cm³/mol. The number of benzene rings is 1. The second-order valence-electron chi connectivity index (χ2n) is 5.01. The highest BCUT2D eigenvalue weighted by Crippen LogP contribution is 2.22. The van der Waals surface area contributed by atoms with E-state index in [0.717, 1.165) is 62.8 Å². The molecule has 0 aromatic heterocycles. The molecule has 3 N–H and O–H groups in total. The zero-order valence-corrected chi connectivity index (χ0v) is 13.2. The molecule has 0 radical (unpaired) electrons. The molecule has 1 heterocycles. The van der Waals surface area contributed by atoms with Gasteiger partial charge in [0.15, 0.2) is 0 Å².